The molecule has 3 N–H and O–H groups in total. The molecule has 0 saturated carbocycles. The van der Waals surface area contributed by atoms with Gasteiger partial charge in [0, 0.05) is 27.7 Å². The third kappa shape index (κ3) is 1.36. The van der Waals surface area contributed by atoms with Crippen LogP contribution in [0.5, 0.6) is 0 Å². The zero-order valence-electron chi connectivity index (χ0n) is 8.39. The average Bonchev–Trinajstić information content (AvgIpc) is 2.58. The molecule has 0 unspecified atom stereocenters. The minimum atomic E-state index is 0.167. The number of hydrogen-bond donors (Lipinski definition) is 2. The molecule has 3 heteroatoms. The Hall–Kier alpha value is -0.990. The second-order valence-electron chi connectivity index (χ2n) is 4.21. The minimum absolute atomic E-state index is 0.167. The summed E-state index contributed by atoms with van der Waals surface area (Å²) in [7, 11) is 0. The fraction of sp³-hybridized carbons (Fsp3) is 0.333. The zero-order valence-corrected chi connectivity index (χ0v) is 9.14. The van der Waals surface area contributed by atoms with Crippen LogP contribution in [0.15, 0.2) is 18.2 Å². The number of H-pyrrole nitrogens is 1. The fourth-order valence-corrected chi connectivity index (χ4v) is 2.64. The topological polar surface area (TPSA) is 41.8 Å². The van der Waals surface area contributed by atoms with Crippen molar-refractivity contribution in [2.75, 3.05) is 0 Å². The zero-order chi connectivity index (χ0) is 10.4. The highest BCUT2D eigenvalue weighted by atomic mass is 35.5. The molecule has 0 fully saturated rings. The Kier molecular flexibility index (Phi) is 2.01. The smallest absolute Gasteiger partial charge is 0.0460 e. The number of fused-ring (bicyclic) bond motifs is 3. The third-order valence-corrected chi connectivity index (χ3v) is 3.45. The molecular weight excluding hydrogens is 208 g/mol. The molecule has 1 atom stereocenters. The number of benzene rings is 1. The molecule has 0 saturated heterocycles. The molecule has 2 aromatic rings. The first-order valence-electron chi connectivity index (χ1n) is 5.31. The highest BCUT2D eigenvalue weighted by Crippen LogP contribution is 2.34. The van der Waals surface area contributed by atoms with Crippen LogP contribution in [0.3, 0.4) is 0 Å². The highest BCUT2D eigenvalue weighted by Gasteiger charge is 2.21. The lowest BCUT2D eigenvalue weighted by Gasteiger charge is -2.18. The molecule has 0 amide bonds. The van der Waals surface area contributed by atoms with Crippen molar-refractivity contribution in [2.45, 2.75) is 25.3 Å². The van der Waals surface area contributed by atoms with Gasteiger partial charge in [-0.15, -0.1) is 0 Å². The number of aromatic amines is 1. The van der Waals surface area contributed by atoms with Gasteiger partial charge in [-0.1, -0.05) is 11.6 Å². The molecule has 1 aliphatic rings. The van der Waals surface area contributed by atoms with Gasteiger partial charge in [0.1, 0.15) is 0 Å². The summed E-state index contributed by atoms with van der Waals surface area (Å²) >= 11 is 6.01. The molecule has 1 heterocycles. The monoisotopic (exact) mass is 220 g/mol. The van der Waals surface area contributed by atoms with Crippen molar-refractivity contribution in [3.05, 3.63) is 34.5 Å². The van der Waals surface area contributed by atoms with Crippen molar-refractivity contribution in [2.24, 2.45) is 5.73 Å². The van der Waals surface area contributed by atoms with Gasteiger partial charge >= 0.3 is 0 Å². The summed E-state index contributed by atoms with van der Waals surface area (Å²) in [6.07, 6.45) is 3.37. The number of rotatable bonds is 0. The summed E-state index contributed by atoms with van der Waals surface area (Å²) in [6.45, 7) is 0. The first-order chi connectivity index (χ1) is 7.25. The van der Waals surface area contributed by atoms with Crippen molar-refractivity contribution in [1.82, 2.24) is 4.98 Å². The first kappa shape index (κ1) is 9.25. The van der Waals surface area contributed by atoms with E-state index in [2.05, 4.69) is 4.98 Å². The van der Waals surface area contributed by atoms with Gasteiger partial charge in [-0.25, -0.2) is 0 Å². The number of aryl methyl sites for hydroxylation is 1. The molecule has 1 aromatic heterocycles. The van der Waals surface area contributed by atoms with Crippen molar-refractivity contribution in [1.29, 1.82) is 0 Å². The van der Waals surface area contributed by atoms with Crippen molar-refractivity contribution in [3.63, 3.8) is 0 Å². The normalized spacial score (nSPS) is 20.5. The van der Waals surface area contributed by atoms with Crippen LogP contribution in [-0.2, 0) is 6.42 Å². The Morgan fingerprint density at radius 1 is 1.40 bits per heavy atom. The van der Waals surface area contributed by atoms with Gasteiger partial charge in [-0.05, 0) is 43.0 Å². The van der Waals surface area contributed by atoms with Gasteiger partial charge in [-0.2, -0.15) is 0 Å². The lowest BCUT2D eigenvalue weighted by atomic mass is 9.92. The van der Waals surface area contributed by atoms with E-state index in [-0.39, 0.29) is 6.04 Å². The van der Waals surface area contributed by atoms with Crippen LogP contribution in [0, 0.1) is 0 Å². The van der Waals surface area contributed by atoms with Gasteiger partial charge in [0.15, 0.2) is 0 Å². The molecule has 1 aliphatic carbocycles. The lowest BCUT2D eigenvalue weighted by molar-refractivity contribution is 0.562. The van der Waals surface area contributed by atoms with Crippen LogP contribution in [0.2, 0.25) is 5.02 Å². The highest BCUT2D eigenvalue weighted by molar-refractivity contribution is 6.31. The Morgan fingerprint density at radius 2 is 2.27 bits per heavy atom. The van der Waals surface area contributed by atoms with E-state index in [1.807, 2.05) is 18.2 Å². The van der Waals surface area contributed by atoms with Gasteiger partial charge in [0.05, 0.1) is 0 Å². The van der Waals surface area contributed by atoms with E-state index in [9.17, 15) is 0 Å². The van der Waals surface area contributed by atoms with Gasteiger partial charge in [0.2, 0.25) is 0 Å². The Labute approximate surface area is 93.4 Å². The van der Waals surface area contributed by atoms with Crippen LogP contribution in [-0.4, -0.2) is 4.98 Å². The molecule has 3 rings (SSSR count). The number of aromatic nitrogens is 1. The van der Waals surface area contributed by atoms with Crippen molar-refractivity contribution >= 4 is 22.5 Å². The lowest BCUT2D eigenvalue weighted by Crippen LogP contribution is -2.16. The van der Waals surface area contributed by atoms with Gasteiger partial charge < -0.3 is 10.7 Å². The summed E-state index contributed by atoms with van der Waals surface area (Å²) in [6, 6.07) is 6.14. The number of nitrogens with one attached hydrogen (secondary N) is 1. The summed E-state index contributed by atoms with van der Waals surface area (Å²) in [4.78, 5) is 3.41. The molecule has 78 valence electrons. The molecular formula is C12H13ClN2. The number of nitrogens with two attached hydrogens (primary N) is 1. The van der Waals surface area contributed by atoms with Crippen LogP contribution in [0.25, 0.3) is 10.9 Å². The van der Waals surface area contributed by atoms with Crippen molar-refractivity contribution < 1.29 is 0 Å². The second kappa shape index (κ2) is 3.26. The van der Waals surface area contributed by atoms with Gasteiger partial charge in [0.25, 0.3) is 0 Å². The van der Waals surface area contributed by atoms with E-state index in [0.717, 1.165) is 23.4 Å². The predicted octanol–water partition coefficient (Wildman–Crippen LogP) is 3.16. The number of halogens is 1. The molecule has 2 nitrogen and oxygen atoms in total. The quantitative estimate of drug-likeness (QED) is 0.704. The number of hydrogen-bond acceptors (Lipinski definition) is 1. The van der Waals surface area contributed by atoms with E-state index in [1.54, 1.807) is 0 Å². The summed E-state index contributed by atoms with van der Waals surface area (Å²) in [5, 5.41) is 2.04. The third-order valence-electron chi connectivity index (χ3n) is 3.21. The molecule has 0 spiro atoms. The minimum Gasteiger partial charge on any atom is -0.357 e. The van der Waals surface area contributed by atoms with Crippen LogP contribution >= 0.6 is 11.6 Å². The molecule has 0 aliphatic heterocycles. The summed E-state index contributed by atoms with van der Waals surface area (Å²) in [5.74, 6) is 0. The van der Waals surface area contributed by atoms with E-state index >= 15 is 0 Å². The maximum atomic E-state index is 6.08. The van der Waals surface area contributed by atoms with Crippen LogP contribution in [0.1, 0.15) is 30.1 Å². The Bertz CT molecular complexity index is 516. The molecule has 15 heavy (non-hydrogen) atoms. The van der Waals surface area contributed by atoms with Crippen LogP contribution in [0.4, 0.5) is 0 Å². The first-order valence-corrected chi connectivity index (χ1v) is 5.69. The Balaban J connectivity index is 2.31. The standard InChI is InChI=1S/C12H13ClN2/c13-7-4-5-11-9(6-7)8-2-1-3-10(14)12(8)15-11/h4-6,10,15H,1-3,14H2/t10-/m1/s1. The summed E-state index contributed by atoms with van der Waals surface area (Å²) < 4.78 is 0. The average molecular weight is 221 g/mol. The van der Waals surface area contributed by atoms with Crippen LogP contribution < -0.4 is 5.73 Å². The fourth-order valence-electron chi connectivity index (χ4n) is 2.47. The molecule has 0 bridgehead atoms. The summed E-state index contributed by atoms with van der Waals surface area (Å²) in [5.41, 5.74) is 9.81. The largest absolute Gasteiger partial charge is 0.357 e. The molecule has 1 aromatic carbocycles. The SMILES string of the molecule is N[C@@H]1CCCc2c1[nH]c1ccc(Cl)cc21. The van der Waals surface area contributed by atoms with E-state index < -0.39 is 0 Å². The molecule has 0 radical (unpaired) electrons. The maximum absolute atomic E-state index is 6.08. The predicted molar refractivity (Wildman–Crippen MR) is 63.2 cm³/mol. The Morgan fingerprint density at radius 3 is 3.13 bits per heavy atom. The second-order valence-corrected chi connectivity index (χ2v) is 4.64. The van der Waals surface area contributed by atoms with E-state index in [1.165, 1.54) is 23.1 Å². The van der Waals surface area contributed by atoms with E-state index in [0.29, 0.717) is 0 Å². The maximum Gasteiger partial charge on any atom is 0.0460 e. The van der Waals surface area contributed by atoms with Crippen molar-refractivity contribution in [3.8, 4) is 0 Å². The van der Waals surface area contributed by atoms with E-state index in [4.69, 9.17) is 17.3 Å². The van der Waals surface area contributed by atoms with Gasteiger partial charge in [-0.3, -0.25) is 0 Å².